The zero-order valence-corrected chi connectivity index (χ0v) is 19.6. The number of hydrogen-bond acceptors (Lipinski definition) is 1. The third-order valence-electron chi connectivity index (χ3n) is 6.79. The number of hydrogen-bond donors (Lipinski definition) is 2. The van der Waals surface area contributed by atoms with E-state index in [-0.39, 0.29) is 0 Å². The van der Waals surface area contributed by atoms with E-state index in [0.29, 0.717) is 0 Å². The van der Waals surface area contributed by atoms with Crippen molar-refractivity contribution < 1.29 is 0 Å². The predicted octanol–water partition coefficient (Wildman–Crippen LogP) is 8.65. The maximum atomic E-state index is 5.18. The van der Waals surface area contributed by atoms with Crippen LogP contribution >= 0.6 is 0 Å². The summed E-state index contributed by atoms with van der Waals surface area (Å²) in [4.78, 5) is 12.6. The molecular formula is C33H23N3. The van der Waals surface area contributed by atoms with E-state index >= 15 is 0 Å². The Morgan fingerprint density at radius 2 is 0.694 bits per heavy atom. The highest BCUT2D eigenvalue weighted by molar-refractivity contribution is 6.00. The number of nitrogens with zero attached hydrogens (tertiary/aromatic N) is 1. The van der Waals surface area contributed by atoms with Crippen molar-refractivity contribution in [2.45, 2.75) is 0 Å². The number of aromatic nitrogens is 3. The van der Waals surface area contributed by atoms with Crippen molar-refractivity contribution in [3.8, 4) is 33.4 Å². The first-order chi connectivity index (χ1) is 17.8. The molecule has 1 aliphatic rings. The second-order valence-corrected chi connectivity index (χ2v) is 9.01. The van der Waals surface area contributed by atoms with Gasteiger partial charge in [0.05, 0.1) is 11.4 Å². The molecule has 0 amide bonds. The van der Waals surface area contributed by atoms with Gasteiger partial charge in [-0.15, -0.1) is 0 Å². The normalized spacial score (nSPS) is 11.8. The van der Waals surface area contributed by atoms with Gasteiger partial charge >= 0.3 is 0 Å². The number of nitrogens with one attached hydrogen (secondary N) is 2. The minimum atomic E-state index is 0.951. The minimum absolute atomic E-state index is 0.951. The number of fused-ring (bicyclic) bond motifs is 6. The van der Waals surface area contributed by atoms with Gasteiger partial charge in [0.1, 0.15) is 0 Å². The lowest BCUT2D eigenvalue weighted by Crippen LogP contribution is -1.88. The van der Waals surface area contributed by atoms with Crippen LogP contribution in [0.1, 0.15) is 11.4 Å². The topological polar surface area (TPSA) is 44.5 Å². The lowest BCUT2D eigenvalue weighted by molar-refractivity contribution is 1.32. The van der Waals surface area contributed by atoms with Crippen molar-refractivity contribution in [3.05, 3.63) is 127 Å². The SMILES string of the molecule is C1=Cc2nc1c(-c1ccccc1)c1ccc([nH]1)c(-c1ccccc1)c1ccc([nH]1)c2-c1ccccc1. The largest absolute Gasteiger partial charge is 0.354 e. The van der Waals surface area contributed by atoms with E-state index in [9.17, 15) is 0 Å². The van der Waals surface area contributed by atoms with Crippen LogP contribution in [0.25, 0.3) is 67.6 Å². The molecule has 0 saturated carbocycles. The molecule has 0 saturated heterocycles. The summed E-state index contributed by atoms with van der Waals surface area (Å²) in [5.74, 6) is 0. The van der Waals surface area contributed by atoms with Crippen LogP contribution in [0.15, 0.2) is 115 Å². The van der Waals surface area contributed by atoms with Gasteiger partial charge in [-0.3, -0.25) is 0 Å². The van der Waals surface area contributed by atoms with Gasteiger partial charge in [-0.2, -0.15) is 0 Å². The van der Waals surface area contributed by atoms with Crippen molar-refractivity contribution in [2.24, 2.45) is 0 Å². The second-order valence-electron chi connectivity index (χ2n) is 9.01. The Morgan fingerprint density at radius 3 is 1.08 bits per heavy atom. The molecular weight excluding hydrogens is 438 g/mol. The van der Waals surface area contributed by atoms with Crippen LogP contribution in [0.5, 0.6) is 0 Å². The first-order valence-electron chi connectivity index (χ1n) is 12.2. The molecule has 3 heteroatoms. The molecule has 3 nitrogen and oxygen atoms in total. The highest BCUT2D eigenvalue weighted by atomic mass is 14.8. The van der Waals surface area contributed by atoms with E-state index in [2.05, 4.69) is 125 Å². The van der Waals surface area contributed by atoms with Gasteiger partial charge in [0.2, 0.25) is 0 Å². The molecule has 6 aromatic rings. The van der Waals surface area contributed by atoms with Crippen LogP contribution in [0.2, 0.25) is 0 Å². The standard InChI is InChI=1S/C33H23N3/c1-4-10-22(11-5-1)31-25-16-18-27(34-25)32(23-12-6-2-7-13-23)29-20-21-30(36-29)33(24-14-8-3-9-15-24)28-19-17-26(31)35-28/h1-21,34-35H. The molecule has 6 bridgehead atoms. The average Bonchev–Trinajstić information content (AvgIpc) is 3.70. The lowest BCUT2D eigenvalue weighted by atomic mass is 10.0. The number of aromatic amines is 2. The summed E-state index contributed by atoms with van der Waals surface area (Å²) in [5.41, 5.74) is 12.9. The maximum absolute atomic E-state index is 5.18. The van der Waals surface area contributed by atoms with Crippen LogP contribution in [-0.2, 0) is 0 Å². The van der Waals surface area contributed by atoms with E-state index in [4.69, 9.17) is 4.98 Å². The second kappa shape index (κ2) is 8.40. The fourth-order valence-corrected chi connectivity index (χ4v) is 5.17. The van der Waals surface area contributed by atoms with Crippen LogP contribution in [0, 0.1) is 0 Å². The van der Waals surface area contributed by atoms with Crippen molar-refractivity contribution >= 4 is 34.2 Å². The number of benzene rings is 3. The molecule has 170 valence electrons. The van der Waals surface area contributed by atoms with Gasteiger partial charge in [-0.1, -0.05) is 91.0 Å². The fraction of sp³-hybridized carbons (Fsp3) is 0. The molecule has 3 aromatic heterocycles. The van der Waals surface area contributed by atoms with E-state index in [1.165, 1.54) is 0 Å². The summed E-state index contributed by atoms with van der Waals surface area (Å²) in [6.45, 7) is 0. The molecule has 7 rings (SSSR count). The summed E-state index contributed by atoms with van der Waals surface area (Å²) in [7, 11) is 0. The Labute approximate surface area is 209 Å². The van der Waals surface area contributed by atoms with Crippen molar-refractivity contribution in [2.75, 3.05) is 0 Å². The molecule has 0 spiro atoms. The Morgan fingerprint density at radius 1 is 0.361 bits per heavy atom. The summed E-state index contributed by atoms with van der Waals surface area (Å²) in [6.07, 6.45) is 4.26. The molecule has 0 unspecified atom stereocenters. The van der Waals surface area contributed by atoms with Gasteiger partial charge in [0.25, 0.3) is 0 Å². The smallest absolute Gasteiger partial charge is 0.0737 e. The highest BCUT2D eigenvalue weighted by Gasteiger charge is 2.16. The minimum Gasteiger partial charge on any atom is -0.354 e. The molecule has 2 N–H and O–H groups in total. The molecule has 3 aromatic carbocycles. The summed E-state index contributed by atoms with van der Waals surface area (Å²) in [6, 6.07) is 40.2. The van der Waals surface area contributed by atoms with Crippen LogP contribution in [-0.4, -0.2) is 15.0 Å². The first-order valence-corrected chi connectivity index (χ1v) is 12.2. The maximum Gasteiger partial charge on any atom is 0.0737 e. The van der Waals surface area contributed by atoms with Crippen molar-refractivity contribution in [1.29, 1.82) is 0 Å². The molecule has 0 atom stereocenters. The first kappa shape index (κ1) is 20.5. The summed E-state index contributed by atoms with van der Waals surface area (Å²) in [5, 5.41) is 0. The number of rotatable bonds is 3. The molecule has 0 fully saturated rings. The molecule has 0 aliphatic carbocycles. The van der Waals surface area contributed by atoms with Crippen LogP contribution < -0.4 is 0 Å². The Balaban J connectivity index is 1.69. The number of H-pyrrole nitrogens is 2. The third-order valence-corrected chi connectivity index (χ3v) is 6.79. The van der Waals surface area contributed by atoms with E-state index in [1.54, 1.807) is 0 Å². The fourth-order valence-electron chi connectivity index (χ4n) is 5.17. The van der Waals surface area contributed by atoms with Gasteiger partial charge in [-0.25, -0.2) is 4.98 Å². The Hall–Kier alpha value is -4.89. The zero-order valence-electron chi connectivity index (χ0n) is 19.6. The quantitative estimate of drug-likeness (QED) is 0.272. The van der Waals surface area contributed by atoms with Crippen molar-refractivity contribution in [3.63, 3.8) is 0 Å². The average molecular weight is 462 g/mol. The van der Waals surface area contributed by atoms with E-state index in [0.717, 1.165) is 66.8 Å². The molecule has 36 heavy (non-hydrogen) atoms. The third kappa shape index (κ3) is 3.41. The van der Waals surface area contributed by atoms with Gasteiger partial charge < -0.3 is 9.97 Å². The highest BCUT2D eigenvalue weighted by Crippen LogP contribution is 2.36. The van der Waals surface area contributed by atoms with Crippen molar-refractivity contribution in [1.82, 2.24) is 15.0 Å². The molecule has 0 radical (unpaired) electrons. The van der Waals surface area contributed by atoms with Crippen LogP contribution in [0.3, 0.4) is 0 Å². The molecule has 4 heterocycles. The van der Waals surface area contributed by atoms with E-state index in [1.807, 2.05) is 12.1 Å². The van der Waals surface area contributed by atoms with E-state index < -0.39 is 0 Å². The zero-order chi connectivity index (χ0) is 23.9. The van der Waals surface area contributed by atoms with Gasteiger partial charge in [0, 0.05) is 38.8 Å². The van der Waals surface area contributed by atoms with Crippen LogP contribution in [0.4, 0.5) is 0 Å². The Kier molecular flexibility index (Phi) is 4.78. The lowest BCUT2D eigenvalue weighted by Gasteiger charge is -2.06. The van der Waals surface area contributed by atoms with Gasteiger partial charge in [0.15, 0.2) is 0 Å². The van der Waals surface area contributed by atoms with Gasteiger partial charge in [-0.05, 0) is 53.1 Å². The monoisotopic (exact) mass is 461 g/mol. The summed E-state index contributed by atoms with van der Waals surface area (Å²) < 4.78 is 0. The predicted molar refractivity (Wildman–Crippen MR) is 151 cm³/mol. The molecule has 1 aliphatic heterocycles. The Bertz CT molecular complexity index is 1690. The summed E-state index contributed by atoms with van der Waals surface area (Å²) >= 11 is 0.